The first-order valence-corrected chi connectivity index (χ1v) is 8.93. The molecule has 132 valence electrons. The SMILES string of the molecule is CC(C)(C)OC(=O)N1Cc2ccc(COc3cccc(Br)n3)cc2C1. The van der Waals surface area contributed by atoms with Crippen LogP contribution in [0.1, 0.15) is 37.5 Å². The van der Waals surface area contributed by atoms with E-state index in [-0.39, 0.29) is 6.09 Å². The van der Waals surface area contributed by atoms with Crippen LogP contribution in [0, 0.1) is 0 Å². The number of fused-ring (bicyclic) bond motifs is 1. The van der Waals surface area contributed by atoms with E-state index in [1.807, 2.05) is 51.1 Å². The first kappa shape index (κ1) is 17.7. The molecule has 0 radical (unpaired) electrons. The maximum absolute atomic E-state index is 12.2. The Hall–Kier alpha value is -2.08. The van der Waals surface area contributed by atoms with Crippen molar-refractivity contribution in [3.63, 3.8) is 0 Å². The van der Waals surface area contributed by atoms with Gasteiger partial charge < -0.3 is 9.47 Å². The van der Waals surface area contributed by atoms with Crippen LogP contribution in [0.25, 0.3) is 0 Å². The zero-order valence-corrected chi connectivity index (χ0v) is 16.2. The van der Waals surface area contributed by atoms with Gasteiger partial charge in [-0.15, -0.1) is 0 Å². The maximum atomic E-state index is 12.2. The topological polar surface area (TPSA) is 51.7 Å². The van der Waals surface area contributed by atoms with Crippen LogP contribution < -0.4 is 4.74 Å². The van der Waals surface area contributed by atoms with Gasteiger partial charge in [0.25, 0.3) is 0 Å². The third-order valence-electron chi connectivity index (χ3n) is 3.72. The number of nitrogens with zero attached hydrogens (tertiary/aromatic N) is 2. The summed E-state index contributed by atoms with van der Waals surface area (Å²) in [5.41, 5.74) is 2.85. The Morgan fingerprint density at radius 2 is 1.96 bits per heavy atom. The van der Waals surface area contributed by atoms with Gasteiger partial charge in [0.2, 0.25) is 5.88 Å². The van der Waals surface area contributed by atoms with Crippen LogP contribution in [-0.2, 0) is 24.4 Å². The van der Waals surface area contributed by atoms with Crippen molar-refractivity contribution in [2.75, 3.05) is 0 Å². The summed E-state index contributed by atoms with van der Waals surface area (Å²) in [5.74, 6) is 0.574. The Morgan fingerprint density at radius 1 is 1.20 bits per heavy atom. The molecule has 0 bridgehead atoms. The molecule has 1 aliphatic heterocycles. The van der Waals surface area contributed by atoms with Crippen LogP contribution in [0.2, 0.25) is 0 Å². The Bertz CT molecular complexity index is 786. The molecule has 2 aromatic rings. The number of carbonyl (C=O) groups excluding carboxylic acids is 1. The van der Waals surface area contributed by atoms with Crippen LogP contribution in [0.4, 0.5) is 4.79 Å². The highest BCUT2D eigenvalue weighted by atomic mass is 79.9. The van der Waals surface area contributed by atoms with Crippen molar-refractivity contribution in [2.45, 2.75) is 46.1 Å². The molecule has 6 heteroatoms. The van der Waals surface area contributed by atoms with Crippen LogP contribution in [0.15, 0.2) is 41.0 Å². The molecule has 5 nitrogen and oxygen atoms in total. The Kier molecular flexibility index (Phi) is 4.99. The summed E-state index contributed by atoms with van der Waals surface area (Å²) in [6.07, 6.45) is -0.278. The number of pyridine rings is 1. The fourth-order valence-electron chi connectivity index (χ4n) is 2.62. The van der Waals surface area contributed by atoms with Crippen molar-refractivity contribution in [1.82, 2.24) is 9.88 Å². The van der Waals surface area contributed by atoms with Gasteiger partial charge >= 0.3 is 6.09 Å². The lowest BCUT2D eigenvalue weighted by Gasteiger charge is -2.24. The molecule has 0 N–H and O–H groups in total. The van der Waals surface area contributed by atoms with E-state index in [1.165, 1.54) is 0 Å². The average Bonchev–Trinajstić information content (AvgIpc) is 2.95. The number of ether oxygens (including phenoxy) is 2. The Balaban J connectivity index is 1.63. The number of hydrogen-bond donors (Lipinski definition) is 0. The van der Waals surface area contributed by atoms with E-state index in [0.29, 0.717) is 25.6 Å². The summed E-state index contributed by atoms with van der Waals surface area (Å²) in [6.45, 7) is 7.20. The van der Waals surface area contributed by atoms with E-state index in [1.54, 1.807) is 4.90 Å². The molecule has 0 aliphatic carbocycles. The minimum Gasteiger partial charge on any atom is -0.473 e. The summed E-state index contributed by atoms with van der Waals surface area (Å²) in [7, 11) is 0. The van der Waals surface area contributed by atoms with Gasteiger partial charge in [0.1, 0.15) is 16.8 Å². The van der Waals surface area contributed by atoms with Crippen molar-refractivity contribution in [3.8, 4) is 5.88 Å². The molecule has 0 unspecified atom stereocenters. The van der Waals surface area contributed by atoms with Gasteiger partial charge in [0, 0.05) is 19.2 Å². The van der Waals surface area contributed by atoms with Crippen molar-refractivity contribution >= 4 is 22.0 Å². The van der Waals surface area contributed by atoms with Gasteiger partial charge in [-0.3, -0.25) is 4.90 Å². The summed E-state index contributed by atoms with van der Waals surface area (Å²) >= 11 is 3.33. The third kappa shape index (κ3) is 4.72. The number of amides is 1. The van der Waals surface area contributed by atoms with Crippen molar-refractivity contribution in [2.24, 2.45) is 0 Å². The first-order chi connectivity index (χ1) is 11.8. The second-order valence-electron chi connectivity index (χ2n) is 7.03. The zero-order valence-electron chi connectivity index (χ0n) is 14.6. The second-order valence-corrected chi connectivity index (χ2v) is 7.84. The quantitative estimate of drug-likeness (QED) is 0.697. The lowest BCUT2D eigenvalue weighted by atomic mass is 10.1. The molecule has 25 heavy (non-hydrogen) atoms. The molecule has 0 saturated heterocycles. The van der Waals surface area contributed by atoms with Crippen LogP contribution in [0.5, 0.6) is 5.88 Å². The second kappa shape index (κ2) is 7.04. The molecule has 0 saturated carbocycles. The molecule has 2 heterocycles. The highest BCUT2D eigenvalue weighted by Gasteiger charge is 2.27. The lowest BCUT2D eigenvalue weighted by molar-refractivity contribution is 0.0242. The lowest BCUT2D eigenvalue weighted by Crippen LogP contribution is -2.33. The summed E-state index contributed by atoms with van der Waals surface area (Å²) in [6, 6.07) is 11.7. The smallest absolute Gasteiger partial charge is 0.410 e. The standard InChI is InChI=1S/C19H21BrN2O3/c1-19(2,3)25-18(23)22-10-14-8-7-13(9-15(14)11-22)12-24-17-6-4-5-16(20)21-17/h4-9H,10-12H2,1-3H3. The summed E-state index contributed by atoms with van der Waals surface area (Å²) < 4.78 is 11.9. The minimum atomic E-state index is -0.484. The molecule has 3 rings (SSSR count). The fraction of sp³-hybridized carbons (Fsp3) is 0.368. The number of aromatic nitrogens is 1. The van der Waals surface area contributed by atoms with Crippen LogP contribution in [0.3, 0.4) is 0 Å². The Labute approximate surface area is 156 Å². The summed E-state index contributed by atoms with van der Waals surface area (Å²) in [4.78, 5) is 18.2. The molecule has 1 aromatic carbocycles. The Morgan fingerprint density at radius 3 is 2.68 bits per heavy atom. The maximum Gasteiger partial charge on any atom is 0.410 e. The number of hydrogen-bond acceptors (Lipinski definition) is 4. The fourth-order valence-corrected chi connectivity index (χ4v) is 2.95. The van der Waals surface area contributed by atoms with Crippen molar-refractivity contribution in [3.05, 3.63) is 57.7 Å². The van der Waals surface area contributed by atoms with E-state index in [2.05, 4.69) is 27.0 Å². The third-order valence-corrected chi connectivity index (χ3v) is 4.16. The largest absolute Gasteiger partial charge is 0.473 e. The predicted molar refractivity (Wildman–Crippen MR) is 98.2 cm³/mol. The minimum absolute atomic E-state index is 0.278. The van der Waals surface area contributed by atoms with Crippen molar-refractivity contribution < 1.29 is 14.3 Å². The molecule has 1 aliphatic rings. The molecule has 1 amide bonds. The van der Waals surface area contributed by atoms with E-state index >= 15 is 0 Å². The molecule has 1 aromatic heterocycles. The predicted octanol–water partition coefficient (Wildman–Crippen LogP) is 4.67. The van der Waals surface area contributed by atoms with Gasteiger partial charge in [0.15, 0.2) is 0 Å². The monoisotopic (exact) mass is 404 g/mol. The van der Waals surface area contributed by atoms with E-state index < -0.39 is 5.60 Å². The van der Waals surface area contributed by atoms with E-state index in [9.17, 15) is 4.79 Å². The number of carbonyl (C=O) groups is 1. The molecule has 0 fully saturated rings. The summed E-state index contributed by atoms with van der Waals surface area (Å²) in [5, 5.41) is 0. The number of benzene rings is 1. The number of halogens is 1. The van der Waals surface area contributed by atoms with Gasteiger partial charge in [-0.2, -0.15) is 0 Å². The van der Waals surface area contributed by atoms with Gasteiger partial charge in [-0.05, 0) is 59.5 Å². The van der Waals surface area contributed by atoms with Crippen LogP contribution >= 0.6 is 15.9 Å². The molecular weight excluding hydrogens is 384 g/mol. The highest BCUT2D eigenvalue weighted by molar-refractivity contribution is 9.10. The average molecular weight is 405 g/mol. The number of rotatable bonds is 3. The van der Waals surface area contributed by atoms with Crippen molar-refractivity contribution in [1.29, 1.82) is 0 Å². The molecule has 0 spiro atoms. The molecule has 0 atom stereocenters. The van der Waals surface area contributed by atoms with Gasteiger partial charge in [0.05, 0.1) is 0 Å². The zero-order chi connectivity index (χ0) is 18.0. The highest BCUT2D eigenvalue weighted by Crippen LogP contribution is 2.26. The van der Waals surface area contributed by atoms with E-state index in [0.717, 1.165) is 21.3 Å². The molecular formula is C19H21BrN2O3. The first-order valence-electron chi connectivity index (χ1n) is 8.14. The van der Waals surface area contributed by atoms with Gasteiger partial charge in [-0.25, -0.2) is 9.78 Å². The van der Waals surface area contributed by atoms with E-state index in [4.69, 9.17) is 9.47 Å². The normalized spacial score (nSPS) is 13.5. The van der Waals surface area contributed by atoms with Crippen LogP contribution in [-0.4, -0.2) is 21.6 Å². The van der Waals surface area contributed by atoms with Gasteiger partial charge in [-0.1, -0.05) is 24.3 Å².